The topological polar surface area (TPSA) is 49.7 Å². The summed E-state index contributed by atoms with van der Waals surface area (Å²) < 4.78 is 17.9. The van der Waals surface area contributed by atoms with Crippen LogP contribution in [0.2, 0.25) is 0 Å². The molecule has 1 rings (SSSR count). The Balaban J connectivity index is 0.000000671. The van der Waals surface area contributed by atoms with Crippen molar-refractivity contribution in [3.63, 3.8) is 0 Å². The molecule has 1 aliphatic heterocycles. The second kappa shape index (κ2) is 6.29. The molecule has 4 atom stereocenters. The van der Waals surface area contributed by atoms with Crippen molar-refractivity contribution in [2.75, 3.05) is 6.61 Å². The molecule has 0 aromatic heterocycles. The average Bonchev–Trinajstić information content (AvgIpc) is 2.14. The molecule has 0 aromatic rings. The summed E-state index contributed by atoms with van der Waals surface area (Å²) in [6, 6.07) is 0. The Hall–Kier alpha value is -0.190. The van der Waals surface area contributed by atoms with E-state index in [0.717, 1.165) is 0 Å². The van der Waals surface area contributed by atoms with E-state index in [1.54, 1.807) is 6.92 Å². The molecular formula is C9H19FO3. The Labute approximate surface area is 78.5 Å². The van der Waals surface area contributed by atoms with Crippen molar-refractivity contribution in [1.82, 2.24) is 0 Å². The van der Waals surface area contributed by atoms with Crippen LogP contribution in [0.3, 0.4) is 0 Å². The highest BCUT2D eigenvalue weighted by Crippen LogP contribution is 2.21. The van der Waals surface area contributed by atoms with Crippen molar-refractivity contribution in [2.45, 2.75) is 51.7 Å². The zero-order chi connectivity index (χ0) is 10.4. The first-order valence-electron chi connectivity index (χ1n) is 4.73. The summed E-state index contributed by atoms with van der Waals surface area (Å²) in [5.74, 6) is 0. The summed E-state index contributed by atoms with van der Waals surface area (Å²) in [6.45, 7) is 5.38. The van der Waals surface area contributed by atoms with Gasteiger partial charge in [0, 0.05) is 6.42 Å². The minimum absolute atomic E-state index is 0.172. The van der Waals surface area contributed by atoms with Crippen LogP contribution in [0.1, 0.15) is 27.2 Å². The van der Waals surface area contributed by atoms with Gasteiger partial charge in [0.25, 0.3) is 0 Å². The molecule has 0 aromatic carbocycles. The van der Waals surface area contributed by atoms with Crippen LogP contribution in [0.15, 0.2) is 0 Å². The Morgan fingerprint density at radius 2 is 2.00 bits per heavy atom. The van der Waals surface area contributed by atoms with Crippen LogP contribution in [0.4, 0.5) is 4.39 Å². The highest BCUT2D eigenvalue weighted by molar-refractivity contribution is 4.83. The number of aliphatic hydroxyl groups excluding tert-OH is 2. The van der Waals surface area contributed by atoms with Crippen molar-refractivity contribution >= 4 is 0 Å². The third-order valence-electron chi connectivity index (χ3n) is 1.88. The fraction of sp³-hybridized carbons (Fsp3) is 1.00. The maximum atomic E-state index is 12.9. The van der Waals surface area contributed by atoms with E-state index in [1.807, 2.05) is 13.8 Å². The van der Waals surface area contributed by atoms with Crippen molar-refractivity contribution < 1.29 is 19.3 Å². The fourth-order valence-electron chi connectivity index (χ4n) is 1.29. The molecule has 0 radical (unpaired) electrons. The molecule has 1 aliphatic rings. The minimum Gasteiger partial charge on any atom is -0.394 e. The fourth-order valence-corrected chi connectivity index (χ4v) is 1.29. The standard InChI is InChI=1S/C7H13FO3.C2H6/c1-4-2-5(10)7(8)6(3-9)11-4;1-2/h4-7,9-10H,2-3H2,1H3;1-2H3. The largest absolute Gasteiger partial charge is 0.394 e. The second-order valence-corrected chi connectivity index (χ2v) is 2.92. The molecule has 0 aliphatic carbocycles. The van der Waals surface area contributed by atoms with E-state index in [0.29, 0.717) is 6.42 Å². The monoisotopic (exact) mass is 194 g/mol. The molecule has 1 fully saturated rings. The van der Waals surface area contributed by atoms with Gasteiger partial charge in [-0.1, -0.05) is 13.8 Å². The van der Waals surface area contributed by atoms with Crippen molar-refractivity contribution in [1.29, 1.82) is 0 Å². The van der Waals surface area contributed by atoms with E-state index in [4.69, 9.17) is 14.9 Å². The van der Waals surface area contributed by atoms with E-state index in [9.17, 15) is 4.39 Å². The molecular weight excluding hydrogens is 175 g/mol. The number of ether oxygens (including phenoxy) is 1. The van der Waals surface area contributed by atoms with E-state index in [2.05, 4.69) is 0 Å². The van der Waals surface area contributed by atoms with Gasteiger partial charge in [-0.3, -0.25) is 0 Å². The van der Waals surface area contributed by atoms with Gasteiger partial charge in [0.2, 0.25) is 0 Å². The van der Waals surface area contributed by atoms with Crippen LogP contribution in [-0.2, 0) is 4.74 Å². The zero-order valence-electron chi connectivity index (χ0n) is 8.40. The number of hydrogen-bond donors (Lipinski definition) is 2. The van der Waals surface area contributed by atoms with Gasteiger partial charge in [0.1, 0.15) is 6.10 Å². The Kier molecular flexibility index (Phi) is 6.20. The van der Waals surface area contributed by atoms with Gasteiger partial charge < -0.3 is 14.9 Å². The van der Waals surface area contributed by atoms with Crippen LogP contribution in [0, 0.1) is 0 Å². The van der Waals surface area contributed by atoms with Crippen molar-refractivity contribution in [2.24, 2.45) is 0 Å². The maximum Gasteiger partial charge on any atom is 0.154 e. The van der Waals surface area contributed by atoms with Gasteiger partial charge in [-0.25, -0.2) is 4.39 Å². The van der Waals surface area contributed by atoms with E-state index >= 15 is 0 Å². The molecule has 0 saturated carbocycles. The Morgan fingerprint density at radius 1 is 1.46 bits per heavy atom. The molecule has 4 unspecified atom stereocenters. The molecule has 1 heterocycles. The van der Waals surface area contributed by atoms with Gasteiger partial charge in [-0.15, -0.1) is 0 Å². The van der Waals surface area contributed by atoms with E-state index < -0.39 is 18.4 Å². The quantitative estimate of drug-likeness (QED) is 0.651. The van der Waals surface area contributed by atoms with Crippen LogP contribution < -0.4 is 0 Å². The number of hydrogen-bond acceptors (Lipinski definition) is 3. The lowest BCUT2D eigenvalue weighted by atomic mass is 10.0. The van der Waals surface area contributed by atoms with E-state index in [-0.39, 0.29) is 12.7 Å². The van der Waals surface area contributed by atoms with Crippen molar-refractivity contribution in [3.8, 4) is 0 Å². The third kappa shape index (κ3) is 3.58. The first-order valence-corrected chi connectivity index (χ1v) is 4.73. The summed E-state index contributed by atoms with van der Waals surface area (Å²) in [4.78, 5) is 0. The molecule has 80 valence electrons. The lowest BCUT2D eigenvalue weighted by molar-refractivity contribution is -0.150. The molecule has 0 amide bonds. The molecule has 13 heavy (non-hydrogen) atoms. The predicted octanol–water partition coefficient (Wildman–Crippen LogP) is 0.881. The summed E-state index contributed by atoms with van der Waals surface area (Å²) in [5, 5.41) is 17.7. The van der Waals surface area contributed by atoms with Gasteiger partial charge in [-0.2, -0.15) is 0 Å². The lowest BCUT2D eigenvalue weighted by Crippen LogP contribution is -2.46. The Bertz CT molecular complexity index is 132. The van der Waals surface area contributed by atoms with Gasteiger partial charge in [0.15, 0.2) is 6.17 Å². The highest BCUT2D eigenvalue weighted by atomic mass is 19.1. The zero-order valence-corrected chi connectivity index (χ0v) is 8.40. The lowest BCUT2D eigenvalue weighted by Gasteiger charge is -2.33. The second-order valence-electron chi connectivity index (χ2n) is 2.92. The predicted molar refractivity (Wildman–Crippen MR) is 48.3 cm³/mol. The third-order valence-corrected chi connectivity index (χ3v) is 1.88. The number of aliphatic hydroxyl groups is 2. The average molecular weight is 194 g/mol. The summed E-state index contributed by atoms with van der Waals surface area (Å²) in [7, 11) is 0. The summed E-state index contributed by atoms with van der Waals surface area (Å²) >= 11 is 0. The van der Waals surface area contributed by atoms with Crippen LogP contribution in [-0.4, -0.2) is 41.3 Å². The number of halogens is 1. The molecule has 3 nitrogen and oxygen atoms in total. The van der Waals surface area contributed by atoms with Crippen LogP contribution in [0.5, 0.6) is 0 Å². The van der Waals surface area contributed by atoms with Crippen LogP contribution >= 0.6 is 0 Å². The van der Waals surface area contributed by atoms with Crippen molar-refractivity contribution in [3.05, 3.63) is 0 Å². The summed E-state index contributed by atoms with van der Waals surface area (Å²) in [6.07, 6.45) is -3.16. The highest BCUT2D eigenvalue weighted by Gasteiger charge is 2.35. The minimum atomic E-state index is -1.45. The smallest absolute Gasteiger partial charge is 0.154 e. The Morgan fingerprint density at radius 3 is 2.46 bits per heavy atom. The first-order chi connectivity index (χ1) is 6.15. The van der Waals surface area contributed by atoms with Crippen LogP contribution in [0.25, 0.3) is 0 Å². The van der Waals surface area contributed by atoms with E-state index in [1.165, 1.54) is 0 Å². The number of alkyl halides is 1. The maximum absolute atomic E-state index is 12.9. The molecule has 0 spiro atoms. The number of rotatable bonds is 1. The summed E-state index contributed by atoms with van der Waals surface area (Å²) in [5.41, 5.74) is 0. The molecule has 2 N–H and O–H groups in total. The van der Waals surface area contributed by atoms with Gasteiger partial charge in [0.05, 0.1) is 18.8 Å². The first kappa shape index (κ1) is 12.8. The molecule has 0 bridgehead atoms. The normalized spacial score (nSPS) is 39.2. The molecule has 1 saturated heterocycles. The molecule has 4 heteroatoms. The van der Waals surface area contributed by atoms with Gasteiger partial charge >= 0.3 is 0 Å². The SMILES string of the molecule is CC.CC1CC(O)C(F)C(CO)O1. The van der Waals surface area contributed by atoms with Gasteiger partial charge in [-0.05, 0) is 6.92 Å².